The van der Waals surface area contributed by atoms with Crippen molar-refractivity contribution in [2.45, 2.75) is 33.2 Å². The molecule has 126 valence electrons. The molecule has 0 bridgehead atoms. The van der Waals surface area contributed by atoms with E-state index in [1.54, 1.807) is 18.3 Å². The van der Waals surface area contributed by atoms with Crippen LogP contribution in [0.3, 0.4) is 0 Å². The van der Waals surface area contributed by atoms with E-state index in [9.17, 15) is 9.59 Å². The first-order valence-electron chi connectivity index (χ1n) is 8.22. The SMILES string of the molecule is CCC(CC)C(=O)Nc1ccccc1CNC(=O)c1cccnc1. The maximum Gasteiger partial charge on any atom is 0.253 e. The Bertz CT molecular complexity index is 682. The third-order valence-electron chi connectivity index (χ3n) is 3.99. The zero-order valence-corrected chi connectivity index (χ0v) is 14.1. The summed E-state index contributed by atoms with van der Waals surface area (Å²) in [5.41, 5.74) is 2.12. The molecule has 1 heterocycles. The van der Waals surface area contributed by atoms with Crippen LogP contribution in [0.4, 0.5) is 5.69 Å². The molecule has 0 fully saturated rings. The Morgan fingerprint density at radius 2 is 1.83 bits per heavy atom. The van der Waals surface area contributed by atoms with E-state index < -0.39 is 0 Å². The van der Waals surface area contributed by atoms with Crippen LogP contribution in [0.2, 0.25) is 0 Å². The minimum Gasteiger partial charge on any atom is -0.348 e. The van der Waals surface area contributed by atoms with Crippen LogP contribution in [-0.4, -0.2) is 16.8 Å². The molecule has 2 aromatic rings. The van der Waals surface area contributed by atoms with Crippen LogP contribution in [0.15, 0.2) is 48.8 Å². The largest absolute Gasteiger partial charge is 0.348 e. The third kappa shape index (κ3) is 4.65. The Morgan fingerprint density at radius 1 is 1.08 bits per heavy atom. The number of rotatable bonds is 7. The topological polar surface area (TPSA) is 71.1 Å². The summed E-state index contributed by atoms with van der Waals surface area (Å²) in [6.45, 7) is 4.36. The first-order valence-corrected chi connectivity index (χ1v) is 8.22. The van der Waals surface area contributed by atoms with E-state index in [1.807, 2.05) is 38.1 Å². The van der Waals surface area contributed by atoms with Gasteiger partial charge in [0.15, 0.2) is 0 Å². The molecule has 0 atom stereocenters. The Morgan fingerprint density at radius 3 is 2.50 bits per heavy atom. The third-order valence-corrected chi connectivity index (χ3v) is 3.99. The number of para-hydroxylation sites is 1. The number of pyridine rings is 1. The monoisotopic (exact) mass is 325 g/mol. The Hall–Kier alpha value is -2.69. The number of benzene rings is 1. The summed E-state index contributed by atoms with van der Waals surface area (Å²) in [4.78, 5) is 28.3. The normalized spacial score (nSPS) is 10.5. The van der Waals surface area contributed by atoms with E-state index in [0.29, 0.717) is 12.1 Å². The fraction of sp³-hybridized carbons (Fsp3) is 0.316. The highest BCUT2D eigenvalue weighted by molar-refractivity contribution is 5.95. The van der Waals surface area contributed by atoms with Crippen molar-refractivity contribution in [3.63, 3.8) is 0 Å². The smallest absolute Gasteiger partial charge is 0.253 e. The second-order valence-electron chi connectivity index (χ2n) is 5.58. The minimum atomic E-state index is -0.191. The van der Waals surface area contributed by atoms with Gasteiger partial charge < -0.3 is 10.6 Å². The summed E-state index contributed by atoms with van der Waals surface area (Å²) in [5.74, 6) is -0.168. The summed E-state index contributed by atoms with van der Waals surface area (Å²) < 4.78 is 0. The molecule has 0 saturated heterocycles. The van der Waals surface area contributed by atoms with Crippen molar-refractivity contribution < 1.29 is 9.59 Å². The number of amides is 2. The molecule has 5 nitrogen and oxygen atoms in total. The molecule has 1 aromatic heterocycles. The van der Waals surface area contributed by atoms with Gasteiger partial charge in [-0.25, -0.2) is 0 Å². The Kier molecular flexibility index (Phi) is 6.49. The molecule has 0 saturated carbocycles. The number of nitrogens with one attached hydrogen (secondary N) is 2. The van der Waals surface area contributed by atoms with Crippen LogP contribution in [0, 0.1) is 5.92 Å². The highest BCUT2D eigenvalue weighted by Crippen LogP contribution is 2.18. The van der Waals surface area contributed by atoms with Crippen LogP contribution >= 0.6 is 0 Å². The lowest BCUT2D eigenvalue weighted by atomic mass is 10.0. The van der Waals surface area contributed by atoms with E-state index in [2.05, 4.69) is 15.6 Å². The molecule has 0 spiro atoms. The van der Waals surface area contributed by atoms with Gasteiger partial charge in [-0.15, -0.1) is 0 Å². The molecule has 2 amide bonds. The average Bonchev–Trinajstić information content (AvgIpc) is 2.62. The Labute approximate surface area is 142 Å². The van der Waals surface area contributed by atoms with Gasteiger partial charge in [0.25, 0.3) is 5.91 Å². The summed E-state index contributed by atoms with van der Waals surface area (Å²) in [6, 6.07) is 10.9. The molecular formula is C19H23N3O2. The zero-order valence-electron chi connectivity index (χ0n) is 14.1. The number of nitrogens with zero attached hydrogens (tertiary/aromatic N) is 1. The van der Waals surface area contributed by atoms with Crippen molar-refractivity contribution in [2.24, 2.45) is 5.92 Å². The molecule has 0 unspecified atom stereocenters. The van der Waals surface area contributed by atoms with Gasteiger partial charge in [-0.2, -0.15) is 0 Å². The van der Waals surface area contributed by atoms with E-state index in [-0.39, 0.29) is 17.7 Å². The van der Waals surface area contributed by atoms with Crippen LogP contribution in [0.5, 0.6) is 0 Å². The van der Waals surface area contributed by atoms with E-state index in [4.69, 9.17) is 0 Å². The van der Waals surface area contributed by atoms with Crippen molar-refractivity contribution in [3.8, 4) is 0 Å². The molecule has 0 aliphatic rings. The van der Waals surface area contributed by atoms with Gasteiger partial charge in [-0.1, -0.05) is 32.0 Å². The van der Waals surface area contributed by atoms with E-state index in [0.717, 1.165) is 24.1 Å². The van der Waals surface area contributed by atoms with Gasteiger partial charge in [-0.3, -0.25) is 14.6 Å². The number of carbonyl (C=O) groups is 2. The number of hydrogen-bond donors (Lipinski definition) is 2. The Balaban J connectivity index is 2.03. The van der Waals surface area contributed by atoms with Gasteiger partial charge in [0.2, 0.25) is 5.91 Å². The van der Waals surface area contributed by atoms with Gasteiger partial charge in [0, 0.05) is 30.5 Å². The van der Waals surface area contributed by atoms with Crippen LogP contribution in [0.25, 0.3) is 0 Å². The first kappa shape index (κ1) is 17.7. The predicted octanol–water partition coefficient (Wildman–Crippen LogP) is 3.39. The van der Waals surface area contributed by atoms with Gasteiger partial charge in [-0.05, 0) is 36.6 Å². The molecule has 1 aromatic carbocycles. The van der Waals surface area contributed by atoms with Crippen molar-refractivity contribution in [1.82, 2.24) is 10.3 Å². The lowest BCUT2D eigenvalue weighted by molar-refractivity contribution is -0.120. The molecular weight excluding hydrogens is 302 g/mol. The molecule has 24 heavy (non-hydrogen) atoms. The van der Waals surface area contributed by atoms with E-state index in [1.165, 1.54) is 6.20 Å². The highest BCUT2D eigenvalue weighted by atomic mass is 16.2. The average molecular weight is 325 g/mol. The standard InChI is InChI=1S/C19H23N3O2/c1-3-14(4-2)19(24)22-17-10-6-5-8-15(17)13-21-18(23)16-9-7-11-20-12-16/h5-12,14H,3-4,13H2,1-2H3,(H,21,23)(H,22,24). The number of aromatic nitrogens is 1. The van der Waals surface area contributed by atoms with Crippen molar-refractivity contribution in [3.05, 3.63) is 59.9 Å². The molecule has 5 heteroatoms. The lowest BCUT2D eigenvalue weighted by Crippen LogP contribution is -2.25. The van der Waals surface area contributed by atoms with Crippen LogP contribution in [0.1, 0.15) is 42.6 Å². The van der Waals surface area contributed by atoms with Gasteiger partial charge in [0.05, 0.1) is 5.56 Å². The summed E-state index contributed by atoms with van der Waals surface area (Å²) >= 11 is 0. The molecule has 0 aliphatic carbocycles. The first-order chi connectivity index (χ1) is 11.7. The lowest BCUT2D eigenvalue weighted by Gasteiger charge is -2.16. The van der Waals surface area contributed by atoms with Crippen molar-refractivity contribution in [2.75, 3.05) is 5.32 Å². The molecule has 0 aliphatic heterocycles. The second-order valence-corrected chi connectivity index (χ2v) is 5.58. The summed E-state index contributed by atoms with van der Waals surface area (Å²) in [5, 5.41) is 5.83. The summed E-state index contributed by atoms with van der Waals surface area (Å²) in [6.07, 6.45) is 4.76. The number of hydrogen-bond acceptors (Lipinski definition) is 3. The second kappa shape index (κ2) is 8.82. The summed E-state index contributed by atoms with van der Waals surface area (Å²) in [7, 11) is 0. The number of carbonyl (C=O) groups excluding carboxylic acids is 2. The van der Waals surface area contributed by atoms with Gasteiger partial charge in [0.1, 0.15) is 0 Å². The maximum atomic E-state index is 12.3. The van der Waals surface area contributed by atoms with Crippen LogP contribution < -0.4 is 10.6 Å². The zero-order chi connectivity index (χ0) is 17.4. The molecule has 2 N–H and O–H groups in total. The predicted molar refractivity (Wildman–Crippen MR) is 94.6 cm³/mol. The highest BCUT2D eigenvalue weighted by Gasteiger charge is 2.15. The minimum absolute atomic E-state index is 0.00282. The molecule has 0 radical (unpaired) electrons. The van der Waals surface area contributed by atoms with E-state index >= 15 is 0 Å². The number of anilines is 1. The van der Waals surface area contributed by atoms with Crippen LogP contribution in [-0.2, 0) is 11.3 Å². The fourth-order valence-electron chi connectivity index (χ4n) is 2.47. The molecule has 2 rings (SSSR count). The van der Waals surface area contributed by atoms with Gasteiger partial charge >= 0.3 is 0 Å². The maximum absolute atomic E-state index is 12.3. The quantitative estimate of drug-likeness (QED) is 0.820. The van der Waals surface area contributed by atoms with Crippen molar-refractivity contribution >= 4 is 17.5 Å². The fourth-order valence-corrected chi connectivity index (χ4v) is 2.47. The van der Waals surface area contributed by atoms with Crippen molar-refractivity contribution in [1.29, 1.82) is 0 Å².